The molecule has 5 heteroatoms. The molecule has 0 amide bonds. The second-order valence-electron chi connectivity index (χ2n) is 5.98. The Kier molecular flexibility index (Phi) is 5.41. The van der Waals surface area contributed by atoms with E-state index in [4.69, 9.17) is 4.74 Å². The zero-order chi connectivity index (χ0) is 15.5. The molecular weight excluding hydrogens is 348 g/mol. The van der Waals surface area contributed by atoms with Crippen molar-refractivity contribution in [3.8, 4) is 5.75 Å². The van der Waals surface area contributed by atoms with E-state index in [0.717, 1.165) is 33.0 Å². The molecule has 0 fully saturated rings. The Morgan fingerprint density at radius 3 is 2.71 bits per heavy atom. The molecule has 0 aliphatic carbocycles. The molecule has 0 saturated carbocycles. The molecule has 0 saturated heterocycles. The van der Waals surface area contributed by atoms with Crippen LogP contribution in [0.4, 0.5) is 0 Å². The minimum absolute atomic E-state index is 0.0750. The maximum atomic E-state index is 5.99. The molecule has 0 atom stereocenters. The molecule has 3 nitrogen and oxygen atoms in total. The number of benzene rings is 1. The van der Waals surface area contributed by atoms with Crippen molar-refractivity contribution in [1.29, 1.82) is 0 Å². The van der Waals surface area contributed by atoms with Gasteiger partial charge in [0.15, 0.2) is 0 Å². The Hall–Kier alpha value is -0.910. The topological polar surface area (TPSA) is 34.1 Å². The Morgan fingerprint density at radius 1 is 1.33 bits per heavy atom. The summed E-state index contributed by atoms with van der Waals surface area (Å²) in [5.41, 5.74) is 2.19. The van der Waals surface area contributed by atoms with Crippen molar-refractivity contribution in [2.45, 2.75) is 46.4 Å². The molecule has 0 unspecified atom stereocenters. The van der Waals surface area contributed by atoms with E-state index in [1.54, 1.807) is 11.3 Å². The zero-order valence-corrected chi connectivity index (χ0v) is 15.3. The molecular formula is C16H21BrN2OS. The van der Waals surface area contributed by atoms with E-state index in [1.165, 1.54) is 0 Å². The largest absolute Gasteiger partial charge is 0.486 e. The molecule has 0 spiro atoms. The van der Waals surface area contributed by atoms with Gasteiger partial charge in [-0.05, 0) is 49.7 Å². The fourth-order valence-corrected chi connectivity index (χ4v) is 2.95. The molecule has 1 aromatic heterocycles. The third-order valence-electron chi connectivity index (χ3n) is 2.89. The van der Waals surface area contributed by atoms with E-state index in [9.17, 15) is 0 Å². The van der Waals surface area contributed by atoms with Gasteiger partial charge < -0.3 is 10.1 Å². The summed E-state index contributed by atoms with van der Waals surface area (Å²) in [6.45, 7) is 9.74. The summed E-state index contributed by atoms with van der Waals surface area (Å²) in [5.74, 6) is 0.889. The van der Waals surface area contributed by atoms with Crippen molar-refractivity contribution >= 4 is 27.3 Å². The predicted octanol–water partition coefficient (Wildman–Crippen LogP) is 4.68. The van der Waals surface area contributed by atoms with Crippen LogP contribution in [-0.2, 0) is 13.2 Å². The lowest BCUT2D eigenvalue weighted by molar-refractivity contribution is 0.294. The number of para-hydroxylation sites is 1. The van der Waals surface area contributed by atoms with Gasteiger partial charge in [-0.15, -0.1) is 11.3 Å². The molecule has 1 aromatic carbocycles. The standard InChI is InChI=1S/C16H21BrN2OS/c1-11-19-13(10-21-11)9-20-15-12(6-5-7-14(15)17)8-18-16(2,3)4/h5-7,10,18H,8-9H2,1-4H3. The van der Waals surface area contributed by atoms with E-state index in [1.807, 2.05) is 24.4 Å². The smallest absolute Gasteiger partial charge is 0.138 e. The van der Waals surface area contributed by atoms with Crippen LogP contribution in [0.5, 0.6) is 5.75 Å². The second-order valence-corrected chi connectivity index (χ2v) is 7.89. The van der Waals surface area contributed by atoms with Crippen LogP contribution in [0.1, 0.15) is 37.0 Å². The molecule has 1 N–H and O–H groups in total. The van der Waals surface area contributed by atoms with Gasteiger partial charge in [-0.1, -0.05) is 12.1 Å². The molecule has 2 rings (SSSR count). The van der Waals surface area contributed by atoms with Crippen LogP contribution in [-0.4, -0.2) is 10.5 Å². The van der Waals surface area contributed by atoms with Gasteiger partial charge in [0.25, 0.3) is 0 Å². The maximum absolute atomic E-state index is 5.99. The monoisotopic (exact) mass is 368 g/mol. The molecule has 0 bridgehead atoms. The van der Waals surface area contributed by atoms with Crippen molar-refractivity contribution < 1.29 is 4.74 Å². The van der Waals surface area contributed by atoms with Gasteiger partial charge in [0, 0.05) is 23.0 Å². The number of nitrogens with one attached hydrogen (secondary N) is 1. The highest BCUT2D eigenvalue weighted by atomic mass is 79.9. The molecule has 114 valence electrons. The highest BCUT2D eigenvalue weighted by molar-refractivity contribution is 9.10. The summed E-state index contributed by atoms with van der Waals surface area (Å²) in [5, 5.41) is 6.60. The fourth-order valence-electron chi connectivity index (χ4n) is 1.84. The van der Waals surface area contributed by atoms with E-state index in [-0.39, 0.29) is 5.54 Å². The number of hydrogen-bond donors (Lipinski definition) is 1. The Balaban J connectivity index is 2.10. The van der Waals surface area contributed by atoms with Gasteiger partial charge in [0.1, 0.15) is 12.4 Å². The van der Waals surface area contributed by atoms with Gasteiger partial charge in [-0.3, -0.25) is 0 Å². The van der Waals surface area contributed by atoms with E-state index in [0.29, 0.717) is 6.61 Å². The van der Waals surface area contributed by atoms with E-state index < -0.39 is 0 Å². The Morgan fingerprint density at radius 2 is 2.10 bits per heavy atom. The average Bonchev–Trinajstić information content (AvgIpc) is 2.80. The molecule has 0 aliphatic heterocycles. The van der Waals surface area contributed by atoms with Gasteiger partial charge in [0.2, 0.25) is 0 Å². The van der Waals surface area contributed by atoms with Crippen molar-refractivity contribution in [3.63, 3.8) is 0 Å². The number of nitrogens with zero attached hydrogens (tertiary/aromatic N) is 1. The number of thiazole rings is 1. The van der Waals surface area contributed by atoms with Crippen LogP contribution in [0.2, 0.25) is 0 Å². The SMILES string of the molecule is Cc1nc(COc2c(Br)cccc2CNC(C)(C)C)cs1. The van der Waals surface area contributed by atoms with Crippen LogP contribution < -0.4 is 10.1 Å². The minimum Gasteiger partial charge on any atom is -0.486 e. The lowest BCUT2D eigenvalue weighted by Crippen LogP contribution is -2.35. The lowest BCUT2D eigenvalue weighted by Gasteiger charge is -2.22. The Labute approximate surface area is 138 Å². The Bertz CT molecular complexity index is 605. The van der Waals surface area contributed by atoms with Gasteiger partial charge >= 0.3 is 0 Å². The predicted molar refractivity (Wildman–Crippen MR) is 91.9 cm³/mol. The fraction of sp³-hybridized carbons (Fsp3) is 0.438. The summed E-state index contributed by atoms with van der Waals surface area (Å²) in [4.78, 5) is 4.43. The normalized spacial score (nSPS) is 11.7. The lowest BCUT2D eigenvalue weighted by atomic mass is 10.1. The first kappa shape index (κ1) is 16.5. The quantitative estimate of drug-likeness (QED) is 0.831. The molecule has 0 aliphatic rings. The number of rotatable bonds is 5. The average molecular weight is 369 g/mol. The minimum atomic E-state index is 0.0750. The molecule has 1 heterocycles. The third-order valence-corrected chi connectivity index (χ3v) is 4.34. The first-order chi connectivity index (χ1) is 9.85. The molecule has 0 radical (unpaired) electrons. The van der Waals surface area contributed by atoms with E-state index >= 15 is 0 Å². The van der Waals surface area contributed by atoms with Crippen molar-refractivity contribution in [1.82, 2.24) is 10.3 Å². The second kappa shape index (κ2) is 6.90. The van der Waals surface area contributed by atoms with Gasteiger partial charge in [-0.25, -0.2) is 4.98 Å². The number of aromatic nitrogens is 1. The maximum Gasteiger partial charge on any atom is 0.138 e. The van der Waals surface area contributed by atoms with Gasteiger partial charge in [-0.2, -0.15) is 0 Å². The van der Waals surface area contributed by atoms with Crippen molar-refractivity contribution in [3.05, 3.63) is 44.3 Å². The van der Waals surface area contributed by atoms with Gasteiger partial charge in [0.05, 0.1) is 15.2 Å². The highest BCUT2D eigenvalue weighted by Gasteiger charge is 2.13. The van der Waals surface area contributed by atoms with Crippen LogP contribution in [0.15, 0.2) is 28.1 Å². The number of halogens is 1. The first-order valence-corrected chi connectivity index (χ1v) is 8.58. The van der Waals surface area contributed by atoms with Crippen LogP contribution in [0.3, 0.4) is 0 Å². The zero-order valence-electron chi connectivity index (χ0n) is 12.9. The van der Waals surface area contributed by atoms with E-state index in [2.05, 4.69) is 53.1 Å². The van der Waals surface area contributed by atoms with Crippen LogP contribution >= 0.6 is 27.3 Å². The summed E-state index contributed by atoms with van der Waals surface area (Å²) in [7, 11) is 0. The number of aryl methyl sites for hydroxylation is 1. The summed E-state index contributed by atoms with van der Waals surface area (Å²) in [6, 6.07) is 6.12. The number of ether oxygens (including phenoxy) is 1. The van der Waals surface area contributed by atoms with Crippen molar-refractivity contribution in [2.75, 3.05) is 0 Å². The highest BCUT2D eigenvalue weighted by Crippen LogP contribution is 2.30. The molecule has 21 heavy (non-hydrogen) atoms. The van der Waals surface area contributed by atoms with Crippen molar-refractivity contribution in [2.24, 2.45) is 0 Å². The third kappa shape index (κ3) is 5.09. The summed E-state index contributed by atoms with van der Waals surface area (Å²) in [6.07, 6.45) is 0. The summed E-state index contributed by atoms with van der Waals surface area (Å²) < 4.78 is 6.96. The van der Waals surface area contributed by atoms with Crippen LogP contribution in [0.25, 0.3) is 0 Å². The molecule has 2 aromatic rings. The van der Waals surface area contributed by atoms with Crippen LogP contribution in [0, 0.1) is 6.92 Å². The summed E-state index contributed by atoms with van der Waals surface area (Å²) >= 11 is 5.22. The number of hydrogen-bond acceptors (Lipinski definition) is 4. The first-order valence-electron chi connectivity index (χ1n) is 6.91.